The van der Waals surface area contributed by atoms with Gasteiger partial charge in [0.2, 0.25) is 0 Å². The molecular formula is C18H33NSi. The molecule has 0 aromatic heterocycles. The van der Waals surface area contributed by atoms with Crippen LogP contribution in [0.3, 0.4) is 0 Å². The van der Waals surface area contributed by atoms with Crippen molar-refractivity contribution in [1.29, 1.82) is 0 Å². The molecule has 1 rings (SSSR count). The van der Waals surface area contributed by atoms with Crippen molar-refractivity contribution in [2.75, 3.05) is 13.1 Å². The first-order valence-corrected chi connectivity index (χ1v) is 10.5. The SMILES string of the molecule is CCC(C)[Si](c1ccccc1)(C(C)CC)N(CC)CC. The second-order valence-electron chi connectivity index (χ2n) is 5.98. The van der Waals surface area contributed by atoms with Crippen LogP contribution in [0.2, 0.25) is 11.1 Å². The van der Waals surface area contributed by atoms with Gasteiger partial charge in [0.15, 0.2) is 8.24 Å². The molecule has 0 fully saturated rings. The average molecular weight is 292 g/mol. The summed E-state index contributed by atoms with van der Waals surface area (Å²) < 4.78 is 2.82. The van der Waals surface area contributed by atoms with E-state index in [-0.39, 0.29) is 0 Å². The summed E-state index contributed by atoms with van der Waals surface area (Å²) in [5.74, 6) is 0. The summed E-state index contributed by atoms with van der Waals surface area (Å²) in [5, 5.41) is 1.63. The molecule has 114 valence electrons. The van der Waals surface area contributed by atoms with Gasteiger partial charge in [-0.3, -0.25) is 0 Å². The van der Waals surface area contributed by atoms with Crippen molar-refractivity contribution in [2.24, 2.45) is 0 Å². The maximum atomic E-state index is 2.82. The molecule has 0 aliphatic carbocycles. The normalized spacial score (nSPS) is 17.8. The Kier molecular flexibility index (Phi) is 6.97. The van der Waals surface area contributed by atoms with E-state index in [4.69, 9.17) is 0 Å². The third-order valence-corrected chi connectivity index (χ3v) is 12.0. The molecule has 0 heterocycles. The van der Waals surface area contributed by atoms with E-state index < -0.39 is 8.24 Å². The lowest BCUT2D eigenvalue weighted by atomic mass is 10.3. The first kappa shape index (κ1) is 17.4. The van der Waals surface area contributed by atoms with Crippen molar-refractivity contribution in [3.63, 3.8) is 0 Å². The van der Waals surface area contributed by atoms with Crippen LogP contribution in [-0.2, 0) is 0 Å². The van der Waals surface area contributed by atoms with Gasteiger partial charge in [-0.15, -0.1) is 0 Å². The van der Waals surface area contributed by atoms with Gasteiger partial charge in [-0.1, -0.05) is 84.7 Å². The van der Waals surface area contributed by atoms with E-state index in [1.807, 2.05) is 0 Å². The van der Waals surface area contributed by atoms with Gasteiger partial charge in [-0.25, -0.2) is 0 Å². The second kappa shape index (κ2) is 7.99. The Balaban J connectivity index is 3.48. The zero-order valence-corrected chi connectivity index (χ0v) is 15.3. The van der Waals surface area contributed by atoms with Crippen molar-refractivity contribution in [3.8, 4) is 0 Å². The molecule has 2 unspecified atom stereocenters. The summed E-state index contributed by atoms with van der Waals surface area (Å²) in [6.07, 6.45) is 2.56. The molecule has 0 radical (unpaired) electrons. The molecule has 0 N–H and O–H groups in total. The standard InChI is InChI=1S/C18H33NSi/c1-7-16(5)20(17(6)8-2,19(9-3)10-4)18-14-12-11-13-15-18/h11-17H,7-10H2,1-6H3. The van der Waals surface area contributed by atoms with E-state index in [1.165, 1.54) is 25.9 Å². The highest BCUT2D eigenvalue weighted by atomic mass is 28.3. The van der Waals surface area contributed by atoms with Crippen LogP contribution in [-0.4, -0.2) is 25.9 Å². The Hall–Kier alpha value is -0.603. The number of benzene rings is 1. The van der Waals surface area contributed by atoms with Crippen LogP contribution in [0.5, 0.6) is 0 Å². The first-order chi connectivity index (χ1) is 9.59. The van der Waals surface area contributed by atoms with Crippen LogP contribution >= 0.6 is 0 Å². The van der Waals surface area contributed by atoms with E-state index in [1.54, 1.807) is 5.19 Å². The molecular weight excluding hydrogens is 258 g/mol. The topological polar surface area (TPSA) is 3.24 Å². The highest BCUT2D eigenvalue weighted by molar-refractivity contribution is 6.91. The van der Waals surface area contributed by atoms with Crippen molar-refractivity contribution in [1.82, 2.24) is 4.57 Å². The van der Waals surface area contributed by atoms with E-state index in [9.17, 15) is 0 Å². The highest BCUT2D eigenvalue weighted by Crippen LogP contribution is 2.39. The summed E-state index contributed by atoms with van der Waals surface area (Å²) in [6.45, 7) is 16.7. The van der Waals surface area contributed by atoms with Crippen molar-refractivity contribution in [3.05, 3.63) is 30.3 Å². The van der Waals surface area contributed by atoms with Gasteiger partial charge in [0.1, 0.15) is 0 Å². The fourth-order valence-corrected chi connectivity index (χ4v) is 10.7. The van der Waals surface area contributed by atoms with Crippen molar-refractivity contribution in [2.45, 2.75) is 65.5 Å². The number of hydrogen-bond acceptors (Lipinski definition) is 1. The highest BCUT2D eigenvalue weighted by Gasteiger charge is 2.47. The van der Waals surface area contributed by atoms with Gasteiger partial charge in [0, 0.05) is 0 Å². The molecule has 2 atom stereocenters. The Morgan fingerprint density at radius 3 is 1.65 bits per heavy atom. The molecule has 2 heteroatoms. The monoisotopic (exact) mass is 291 g/mol. The zero-order valence-electron chi connectivity index (χ0n) is 14.3. The van der Waals surface area contributed by atoms with Crippen LogP contribution in [0.15, 0.2) is 30.3 Å². The van der Waals surface area contributed by atoms with Crippen LogP contribution in [0, 0.1) is 0 Å². The molecule has 1 aromatic rings. The fraction of sp³-hybridized carbons (Fsp3) is 0.667. The second-order valence-corrected chi connectivity index (χ2v) is 10.8. The molecule has 0 saturated heterocycles. The van der Waals surface area contributed by atoms with Crippen LogP contribution in [0.1, 0.15) is 54.4 Å². The van der Waals surface area contributed by atoms with E-state index in [0.29, 0.717) is 0 Å². The zero-order chi connectivity index (χ0) is 15.2. The molecule has 0 amide bonds. The van der Waals surface area contributed by atoms with Crippen LogP contribution < -0.4 is 5.19 Å². The minimum atomic E-state index is -1.67. The lowest BCUT2D eigenvalue weighted by molar-refractivity contribution is 0.439. The van der Waals surface area contributed by atoms with Crippen molar-refractivity contribution < 1.29 is 0 Å². The molecule has 0 aliphatic rings. The van der Waals surface area contributed by atoms with Gasteiger partial charge in [-0.05, 0) is 29.4 Å². The minimum Gasteiger partial charge on any atom is -0.320 e. The fourth-order valence-electron chi connectivity index (χ4n) is 3.94. The number of nitrogens with zero attached hydrogens (tertiary/aromatic N) is 1. The maximum absolute atomic E-state index is 2.82. The summed E-state index contributed by atoms with van der Waals surface area (Å²) in [6, 6.07) is 11.4. The third-order valence-electron chi connectivity index (χ3n) is 5.25. The Morgan fingerprint density at radius 1 is 0.850 bits per heavy atom. The summed E-state index contributed by atoms with van der Waals surface area (Å²) in [4.78, 5) is 0. The van der Waals surface area contributed by atoms with Gasteiger partial charge < -0.3 is 4.57 Å². The first-order valence-electron chi connectivity index (χ1n) is 8.39. The van der Waals surface area contributed by atoms with Crippen LogP contribution in [0.4, 0.5) is 0 Å². The molecule has 0 bridgehead atoms. The van der Waals surface area contributed by atoms with Gasteiger partial charge in [0.25, 0.3) is 0 Å². The lowest BCUT2D eigenvalue weighted by Crippen LogP contribution is -2.66. The number of hydrogen-bond donors (Lipinski definition) is 0. The Morgan fingerprint density at radius 2 is 1.30 bits per heavy atom. The van der Waals surface area contributed by atoms with E-state index in [2.05, 4.69) is 76.4 Å². The molecule has 0 aliphatic heterocycles. The lowest BCUT2D eigenvalue weighted by Gasteiger charge is -2.49. The van der Waals surface area contributed by atoms with E-state index in [0.717, 1.165) is 11.1 Å². The summed E-state index contributed by atoms with van der Waals surface area (Å²) >= 11 is 0. The Bertz CT molecular complexity index is 362. The maximum Gasteiger partial charge on any atom is 0.166 e. The van der Waals surface area contributed by atoms with Crippen molar-refractivity contribution >= 4 is 13.4 Å². The predicted molar refractivity (Wildman–Crippen MR) is 94.2 cm³/mol. The summed E-state index contributed by atoms with van der Waals surface area (Å²) in [7, 11) is -1.67. The average Bonchev–Trinajstić information content (AvgIpc) is 2.51. The quantitative estimate of drug-likeness (QED) is 0.623. The molecule has 0 spiro atoms. The van der Waals surface area contributed by atoms with Gasteiger partial charge >= 0.3 is 0 Å². The van der Waals surface area contributed by atoms with Gasteiger partial charge in [-0.2, -0.15) is 0 Å². The Labute approximate surface area is 127 Å². The number of rotatable bonds is 8. The van der Waals surface area contributed by atoms with Gasteiger partial charge in [0.05, 0.1) is 0 Å². The third kappa shape index (κ3) is 3.01. The molecule has 20 heavy (non-hydrogen) atoms. The van der Waals surface area contributed by atoms with E-state index >= 15 is 0 Å². The largest absolute Gasteiger partial charge is 0.320 e. The van der Waals surface area contributed by atoms with Crippen LogP contribution in [0.25, 0.3) is 0 Å². The minimum absolute atomic E-state index is 0.791. The molecule has 0 saturated carbocycles. The molecule has 1 aromatic carbocycles. The summed E-state index contributed by atoms with van der Waals surface area (Å²) in [5.41, 5.74) is 1.58. The predicted octanol–water partition coefficient (Wildman–Crippen LogP) is 4.78. The smallest absolute Gasteiger partial charge is 0.166 e. The molecule has 1 nitrogen and oxygen atoms in total.